The normalized spacial score (nSPS) is 11.1. The van der Waals surface area contributed by atoms with Crippen molar-refractivity contribution >= 4 is 27.3 Å². The summed E-state index contributed by atoms with van der Waals surface area (Å²) in [6, 6.07) is 14.6. The number of hydrogen-bond donors (Lipinski definition) is 1. The fourth-order valence-corrected chi connectivity index (χ4v) is 4.20. The predicted octanol–water partition coefficient (Wildman–Crippen LogP) is 3.93. The lowest BCUT2D eigenvalue weighted by Gasteiger charge is -2.20. The highest BCUT2D eigenvalue weighted by molar-refractivity contribution is 7.92. The van der Waals surface area contributed by atoms with Gasteiger partial charge in [0.05, 0.1) is 15.5 Å². The molecule has 0 fully saturated rings. The Morgan fingerprint density at radius 1 is 1.00 bits per heavy atom. The minimum atomic E-state index is -3.77. The van der Waals surface area contributed by atoms with E-state index in [-0.39, 0.29) is 22.0 Å². The Bertz CT molecular complexity index is 1300. The fourth-order valence-electron chi connectivity index (χ4n) is 2.92. The summed E-state index contributed by atoms with van der Waals surface area (Å²) in [7, 11) is -2.34. The molecule has 0 atom stereocenters. The number of sulfonamides is 1. The van der Waals surface area contributed by atoms with Gasteiger partial charge in [-0.2, -0.15) is 0 Å². The van der Waals surface area contributed by atoms with Crippen LogP contribution in [0.2, 0.25) is 0 Å². The molecule has 0 spiro atoms. The lowest BCUT2D eigenvalue weighted by Crippen LogP contribution is -2.26. The molecule has 0 saturated carbocycles. The van der Waals surface area contributed by atoms with Crippen molar-refractivity contribution in [3.63, 3.8) is 0 Å². The third-order valence-corrected chi connectivity index (χ3v) is 6.79. The van der Waals surface area contributed by atoms with Crippen molar-refractivity contribution in [1.29, 1.82) is 0 Å². The molecule has 3 rings (SSSR count). The molecule has 0 heterocycles. The maximum atomic E-state index is 13.0. The van der Waals surface area contributed by atoms with E-state index in [2.05, 4.69) is 0 Å². The topological polar surface area (TPSA) is 133 Å². The van der Waals surface area contributed by atoms with Gasteiger partial charge in [0.2, 0.25) is 11.7 Å². The number of primary amides is 1. The number of nitro groups is 1. The monoisotopic (exact) mass is 455 g/mol. The van der Waals surface area contributed by atoms with Gasteiger partial charge in [-0.1, -0.05) is 6.07 Å². The van der Waals surface area contributed by atoms with Gasteiger partial charge in [-0.05, 0) is 73.5 Å². The van der Waals surface area contributed by atoms with E-state index < -0.39 is 26.5 Å². The Morgan fingerprint density at radius 2 is 1.66 bits per heavy atom. The first-order chi connectivity index (χ1) is 15.0. The molecule has 9 nitrogen and oxygen atoms in total. The largest absolute Gasteiger partial charge is 0.450 e. The summed E-state index contributed by atoms with van der Waals surface area (Å²) in [5.41, 5.74) is 6.98. The highest BCUT2D eigenvalue weighted by atomic mass is 32.2. The average Bonchev–Trinajstić information content (AvgIpc) is 2.75. The molecule has 0 unspecified atom stereocenters. The van der Waals surface area contributed by atoms with Crippen LogP contribution < -0.4 is 14.8 Å². The fraction of sp³-hybridized carbons (Fsp3) is 0.136. The van der Waals surface area contributed by atoms with Crippen LogP contribution in [-0.2, 0) is 10.0 Å². The van der Waals surface area contributed by atoms with E-state index in [1.54, 1.807) is 18.2 Å². The van der Waals surface area contributed by atoms with Gasteiger partial charge < -0.3 is 10.5 Å². The Balaban J connectivity index is 1.86. The summed E-state index contributed by atoms with van der Waals surface area (Å²) in [6.45, 7) is 3.75. The summed E-state index contributed by atoms with van der Waals surface area (Å²) in [6.07, 6.45) is 0. The maximum absolute atomic E-state index is 13.0. The minimum Gasteiger partial charge on any atom is -0.450 e. The first kappa shape index (κ1) is 22.8. The molecule has 0 bridgehead atoms. The molecule has 0 aromatic heterocycles. The molecule has 0 aliphatic rings. The van der Waals surface area contributed by atoms with E-state index in [4.69, 9.17) is 10.5 Å². The molecule has 32 heavy (non-hydrogen) atoms. The molecular formula is C22H21N3O6S. The number of nitrogens with two attached hydrogens (primary N) is 1. The van der Waals surface area contributed by atoms with Gasteiger partial charge in [-0.15, -0.1) is 0 Å². The molecule has 2 N–H and O–H groups in total. The smallest absolute Gasteiger partial charge is 0.312 e. The lowest BCUT2D eigenvalue weighted by molar-refractivity contribution is -0.385. The third-order valence-electron chi connectivity index (χ3n) is 5.01. The third kappa shape index (κ3) is 4.54. The molecule has 3 aromatic rings. The van der Waals surface area contributed by atoms with Crippen molar-refractivity contribution in [3.8, 4) is 11.5 Å². The second-order valence-corrected chi connectivity index (χ2v) is 9.09. The number of amides is 1. The van der Waals surface area contributed by atoms with Gasteiger partial charge >= 0.3 is 5.69 Å². The standard InChI is InChI=1S/C22H21N3O6S/c1-14-4-10-19(12-15(14)2)32(29,30)24(3)17-6-8-18(9-7-17)31-21-11-5-16(22(23)26)13-20(21)25(27)28/h4-13H,1-3H3,(H2,23,26). The predicted molar refractivity (Wildman–Crippen MR) is 120 cm³/mol. The summed E-state index contributed by atoms with van der Waals surface area (Å²) in [4.78, 5) is 22.1. The van der Waals surface area contributed by atoms with Gasteiger partial charge in [0.1, 0.15) is 5.75 Å². The van der Waals surface area contributed by atoms with Gasteiger partial charge in [0.25, 0.3) is 10.0 Å². The molecule has 166 valence electrons. The first-order valence-electron chi connectivity index (χ1n) is 9.43. The zero-order valence-corrected chi connectivity index (χ0v) is 18.4. The van der Waals surface area contributed by atoms with Crippen molar-refractivity contribution in [2.75, 3.05) is 11.4 Å². The van der Waals surface area contributed by atoms with Crippen molar-refractivity contribution < 1.29 is 22.9 Å². The first-order valence-corrected chi connectivity index (χ1v) is 10.9. The lowest BCUT2D eigenvalue weighted by atomic mass is 10.1. The second-order valence-electron chi connectivity index (χ2n) is 7.12. The van der Waals surface area contributed by atoms with Gasteiger partial charge in [0.15, 0.2) is 0 Å². The van der Waals surface area contributed by atoms with Crippen LogP contribution in [0, 0.1) is 24.0 Å². The number of aryl methyl sites for hydroxylation is 2. The molecule has 3 aromatic carbocycles. The zero-order valence-electron chi connectivity index (χ0n) is 17.6. The van der Waals surface area contributed by atoms with E-state index in [9.17, 15) is 23.3 Å². The summed E-state index contributed by atoms with van der Waals surface area (Å²) in [5, 5.41) is 11.3. The number of rotatable bonds is 7. The molecule has 0 radical (unpaired) electrons. The quantitative estimate of drug-likeness (QED) is 0.424. The van der Waals surface area contributed by atoms with Gasteiger partial charge in [0, 0.05) is 18.7 Å². The van der Waals surface area contributed by atoms with Crippen molar-refractivity contribution in [2.45, 2.75) is 18.7 Å². The van der Waals surface area contributed by atoms with Crippen LogP contribution in [-0.4, -0.2) is 26.3 Å². The second kappa shape index (κ2) is 8.67. The molecule has 10 heteroatoms. The molecular weight excluding hydrogens is 434 g/mol. The van der Waals surface area contributed by atoms with Crippen LogP contribution in [0.5, 0.6) is 11.5 Å². The molecule has 0 saturated heterocycles. The van der Waals surface area contributed by atoms with Crippen LogP contribution in [0.4, 0.5) is 11.4 Å². The summed E-state index contributed by atoms with van der Waals surface area (Å²) in [5.74, 6) is -0.624. The van der Waals surface area contributed by atoms with Crippen LogP contribution >= 0.6 is 0 Å². The number of benzene rings is 3. The molecule has 1 amide bonds. The Kier molecular flexibility index (Phi) is 6.17. The minimum absolute atomic E-state index is 0.0161. The number of anilines is 1. The number of carbonyl (C=O) groups excluding carboxylic acids is 1. The van der Waals surface area contributed by atoms with E-state index >= 15 is 0 Å². The summed E-state index contributed by atoms with van der Waals surface area (Å²) < 4.78 is 32.6. The van der Waals surface area contributed by atoms with E-state index in [0.29, 0.717) is 5.69 Å². The number of carbonyl (C=O) groups is 1. The van der Waals surface area contributed by atoms with Crippen LogP contribution in [0.25, 0.3) is 0 Å². The highest BCUT2D eigenvalue weighted by Crippen LogP contribution is 2.33. The summed E-state index contributed by atoms with van der Waals surface area (Å²) >= 11 is 0. The molecule has 0 aliphatic heterocycles. The Labute approximate surface area is 185 Å². The van der Waals surface area contributed by atoms with E-state index in [1.165, 1.54) is 43.4 Å². The van der Waals surface area contributed by atoms with E-state index in [1.807, 2.05) is 13.8 Å². The number of nitro benzene ring substituents is 1. The van der Waals surface area contributed by atoms with Crippen molar-refractivity contribution in [1.82, 2.24) is 0 Å². The maximum Gasteiger partial charge on any atom is 0.312 e. The zero-order chi connectivity index (χ0) is 23.6. The van der Waals surface area contributed by atoms with Crippen LogP contribution in [0.1, 0.15) is 21.5 Å². The Morgan fingerprint density at radius 3 is 2.22 bits per heavy atom. The average molecular weight is 455 g/mol. The Hall–Kier alpha value is -3.92. The highest BCUT2D eigenvalue weighted by Gasteiger charge is 2.22. The van der Waals surface area contributed by atoms with Crippen LogP contribution in [0.3, 0.4) is 0 Å². The van der Waals surface area contributed by atoms with Crippen LogP contribution in [0.15, 0.2) is 65.6 Å². The van der Waals surface area contributed by atoms with Gasteiger partial charge in [-0.3, -0.25) is 19.2 Å². The van der Waals surface area contributed by atoms with Gasteiger partial charge in [-0.25, -0.2) is 8.42 Å². The SMILES string of the molecule is Cc1ccc(S(=O)(=O)N(C)c2ccc(Oc3ccc(C(N)=O)cc3[N+](=O)[O-])cc2)cc1C. The number of nitrogens with zero attached hydrogens (tertiary/aromatic N) is 2. The van der Waals surface area contributed by atoms with Crippen molar-refractivity contribution in [3.05, 3.63) is 87.5 Å². The van der Waals surface area contributed by atoms with E-state index in [0.717, 1.165) is 21.5 Å². The number of hydrogen-bond acceptors (Lipinski definition) is 6. The number of ether oxygens (including phenoxy) is 1. The molecule has 0 aliphatic carbocycles. The van der Waals surface area contributed by atoms with Crippen molar-refractivity contribution in [2.24, 2.45) is 5.73 Å².